The zero-order chi connectivity index (χ0) is 10.6. The summed E-state index contributed by atoms with van der Waals surface area (Å²) in [7, 11) is 1.55. The Kier molecular flexibility index (Phi) is 3.88. The van der Waals surface area contributed by atoms with Gasteiger partial charge in [-0.2, -0.15) is 0 Å². The van der Waals surface area contributed by atoms with Gasteiger partial charge in [0.05, 0.1) is 19.3 Å². The van der Waals surface area contributed by atoms with Gasteiger partial charge in [0.25, 0.3) is 0 Å². The second-order valence-corrected chi connectivity index (χ2v) is 3.08. The number of aliphatic hydroxyl groups excluding tert-OH is 1. The molecule has 1 atom stereocenters. The molecule has 0 amide bonds. The second kappa shape index (κ2) is 4.95. The Morgan fingerprint density at radius 2 is 2.21 bits per heavy atom. The largest absolute Gasteiger partial charge is 0.507 e. The van der Waals surface area contributed by atoms with E-state index < -0.39 is 6.04 Å². The molecule has 0 aliphatic carbocycles. The summed E-state index contributed by atoms with van der Waals surface area (Å²) in [6, 6.07) is 4.67. The van der Waals surface area contributed by atoms with Gasteiger partial charge in [-0.25, -0.2) is 0 Å². The lowest BCUT2D eigenvalue weighted by Gasteiger charge is -2.13. The van der Waals surface area contributed by atoms with Crippen molar-refractivity contribution in [3.8, 4) is 5.75 Å². The summed E-state index contributed by atoms with van der Waals surface area (Å²) in [6.07, 6.45) is 0. The molecule has 4 nitrogen and oxygen atoms in total. The first-order valence-corrected chi connectivity index (χ1v) is 4.36. The molecule has 1 unspecified atom stereocenters. The minimum atomic E-state index is -0.549. The molecular formula is C10H15NO3. The predicted molar refractivity (Wildman–Crippen MR) is 52.8 cm³/mol. The minimum absolute atomic E-state index is 0.107. The summed E-state index contributed by atoms with van der Waals surface area (Å²) >= 11 is 0. The van der Waals surface area contributed by atoms with Gasteiger partial charge >= 0.3 is 0 Å². The molecule has 0 bridgehead atoms. The monoisotopic (exact) mass is 197 g/mol. The quantitative estimate of drug-likeness (QED) is 0.658. The number of phenolic OH excluding ortho intramolecular Hbond substituents is 1. The summed E-state index contributed by atoms with van der Waals surface area (Å²) in [5.41, 5.74) is 6.83. The summed E-state index contributed by atoms with van der Waals surface area (Å²) in [5.74, 6) is 0.107. The van der Waals surface area contributed by atoms with Crippen LogP contribution < -0.4 is 5.73 Å². The number of para-hydroxylation sites is 1. The highest BCUT2D eigenvalue weighted by atomic mass is 16.5. The third-order valence-electron chi connectivity index (χ3n) is 2.05. The van der Waals surface area contributed by atoms with E-state index in [0.29, 0.717) is 17.7 Å². The number of nitrogens with two attached hydrogens (primary N) is 1. The number of ether oxygens (including phenoxy) is 1. The summed E-state index contributed by atoms with van der Waals surface area (Å²) in [5, 5.41) is 18.6. The van der Waals surface area contributed by atoms with Crippen LogP contribution in [0.3, 0.4) is 0 Å². The first kappa shape index (κ1) is 11.0. The molecule has 78 valence electrons. The first-order chi connectivity index (χ1) is 6.70. The molecule has 0 saturated heterocycles. The van der Waals surface area contributed by atoms with Gasteiger partial charge in [0.15, 0.2) is 0 Å². The van der Waals surface area contributed by atoms with E-state index in [1.54, 1.807) is 25.3 Å². The molecule has 0 aliphatic heterocycles. The lowest BCUT2D eigenvalue weighted by molar-refractivity contribution is 0.181. The van der Waals surface area contributed by atoms with Gasteiger partial charge in [0.2, 0.25) is 0 Å². The number of methoxy groups -OCH3 is 1. The van der Waals surface area contributed by atoms with Crippen LogP contribution in [0.1, 0.15) is 17.2 Å². The van der Waals surface area contributed by atoms with Crippen molar-refractivity contribution in [2.45, 2.75) is 12.6 Å². The van der Waals surface area contributed by atoms with Crippen LogP contribution in [-0.4, -0.2) is 23.9 Å². The fourth-order valence-corrected chi connectivity index (χ4v) is 1.28. The SMILES string of the molecule is COCc1cccc(C(N)CO)c1O. The number of hydrogen-bond donors (Lipinski definition) is 3. The maximum Gasteiger partial charge on any atom is 0.125 e. The van der Waals surface area contributed by atoms with Crippen molar-refractivity contribution in [1.29, 1.82) is 0 Å². The highest BCUT2D eigenvalue weighted by Crippen LogP contribution is 2.26. The standard InChI is InChI=1S/C10H15NO3/c1-14-6-7-3-2-4-8(10(7)13)9(11)5-12/h2-4,9,12-13H,5-6,11H2,1H3. The molecule has 1 rings (SSSR count). The minimum Gasteiger partial charge on any atom is -0.507 e. The first-order valence-electron chi connectivity index (χ1n) is 4.36. The second-order valence-electron chi connectivity index (χ2n) is 3.08. The van der Waals surface area contributed by atoms with Crippen LogP contribution in [0, 0.1) is 0 Å². The van der Waals surface area contributed by atoms with E-state index in [9.17, 15) is 5.11 Å². The molecular weight excluding hydrogens is 182 g/mol. The third kappa shape index (κ3) is 2.23. The number of phenols is 1. The van der Waals surface area contributed by atoms with Crippen LogP contribution in [0.5, 0.6) is 5.75 Å². The van der Waals surface area contributed by atoms with Crippen LogP contribution in [0.15, 0.2) is 18.2 Å². The molecule has 4 heteroatoms. The number of aromatic hydroxyl groups is 1. The molecule has 0 aliphatic rings. The number of benzene rings is 1. The topological polar surface area (TPSA) is 75.7 Å². The van der Waals surface area contributed by atoms with Crippen LogP contribution in [0.2, 0.25) is 0 Å². The Hall–Kier alpha value is -1.10. The summed E-state index contributed by atoms with van der Waals surface area (Å²) < 4.78 is 4.91. The number of hydrogen-bond acceptors (Lipinski definition) is 4. The molecule has 1 aromatic carbocycles. The predicted octanol–water partition coefficient (Wildman–Crippen LogP) is 0.531. The van der Waals surface area contributed by atoms with E-state index in [1.165, 1.54) is 0 Å². The highest BCUT2D eigenvalue weighted by Gasteiger charge is 2.12. The van der Waals surface area contributed by atoms with E-state index in [0.717, 1.165) is 0 Å². The van der Waals surface area contributed by atoms with Crippen molar-refractivity contribution in [1.82, 2.24) is 0 Å². The van der Waals surface area contributed by atoms with Crippen molar-refractivity contribution in [2.24, 2.45) is 5.73 Å². The summed E-state index contributed by atoms with van der Waals surface area (Å²) in [4.78, 5) is 0. The molecule has 0 aromatic heterocycles. The van der Waals surface area contributed by atoms with Gasteiger partial charge in [0, 0.05) is 18.2 Å². The lowest BCUT2D eigenvalue weighted by Crippen LogP contribution is -2.15. The average Bonchev–Trinajstić information content (AvgIpc) is 2.20. The Morgan fingerprint density at radius 3 is 2.79 bits per heavy atom. The Morgan fingerprint density at radius 1 is 1.50 bits per heavy atom. The van der Waals surface area contributed by atoms with E-state index in [2.05, 4.69) is 0 Å². The molecule has 1 aromatic rings. The van der Waals surface area contributed by atoms with Gasteiger partial charge in [-0.3, -0.25) is 0 Å². The van der Waals surface area contributed by atoms with E-state index in [-0.39, 0.29) is 12.4 Å². The molecule has 0 fully saturated rings. The molecule has 0 heterocycles. The van der Waals surface area contributed by atoms with Gasteiger partial charge in [-0.15, -0.1) is 0 Å². The van der Waals surface area contributed by atoms with Crippen molar-refractivity contribution in [3.05, 3.63) is 29.3 Å². The Bertz CT molecular complexity index is 301. The zero-order valence-corrected chi connectivity index (χ0v) is 8.10. The maximum atomic E-state index is 9.75. The zero-order valence-electron chi connectivity index (χ0n) is 8.10. The van der Waals surface area contributed by atoms with Crippen molar-refractivity contribution < 1.29 is 14.9 Å². The fourth-order valence-electron chi connectivity index (χ4n) is 1.28. The number of rotatable bonds is 4. The Labute approximate surface area is 82.9 Å². The van der Waals surface area contributed by atoms with E-state index in [4.69, 9.17) is 15.6 Å². The van der Waals surface area contributed by atoms with Crippen LogP contribution in [0.25, 0.3) is 0 Å². The Balaban J connectivity index is 3.00. The lowest BCUT2D eigenvalue weighted by atomic mass is 10.0. The van der Waals surface area contributed by atoms with Gasteiger partial charge in [0.1, 0.15) is 5.75 Å². The van der Waals surface area contributed by atoms with E-state index >= 15 is 0 Å². The van der Waals surface area contributed by atoms with Crippen LogP contribution >= 0.6 is 0 Å². The van der Waals surface area contributed by atoms with Gasteiger partial charge < -0.3 is 20.7 Å². The molecule has 4 N–H and O–H groups in total. The van der Waals surface area contributed by atoms with Gasteiger partial charge in [-0.1, -0.05) is 18.2 Å². The molecule has 0 radical (unpaired) electrons. The molecule has 0 saturated carbocycles. The highest BCUT2D eigenvalue weighted by molar-refractivity contribution is 5.41. The molecule has 0 spiro atoms. The smallest absolute Gasteiger partial charge is 0.125 e. The fraction of sp³-hybridized carbons (Fsp3) is 0.400. The third-order valence-corrected chi connectivity index (χ3v) is 2.05. The average molecular weight is 197 g/mol. The van der Waals surface area contributed by atoms with Crippen molar-refractivity contribution in [2.75, 3.05) is 13.7 Å². The van der Waals surface area contributed by atoms with Crippen molar-refractivity contribution in [3.63, 3.8) is 0 Å². The van der Waals surface area contributed by atoms with Crippen LogP contribution in [0.4, 0.5) is 0 Å². The number of aliphatic hydroxyl groups is 1. The maximum absolute atomic E-state index is 9.75. The van der Waals surface area contributed by atoms with Gasteiger partial charge in [-0.05, 0) is 0 Å². The summed E-state index contributed by atoms with van der Waals surface area (Å²) in [6.45, 7) is 0.141. The van der Waals surface area contributed by atoms with Crippen molar-refractivity contribution >= 4 is 0 Å². The van der Waals surface area contributed by atoms with E-state index in [1.807, 2.05) is 0 Å². The van der Waals surface area contributed by atoms with Crippen LogP contribution in [-0.2, 0) is 11.3 Å². The molecule has 14 heavy (non-hydrogen) atoms. The normalized spacial score (nSPS) is 12.8.